The summed E-state index contributed by atoms with van der Waals surface area (Å²) < 4.78 is 0. The topological polar surface area (TPSA) is 32.3 Å². The fourth-order valence-corrected chi connectivity index (χ4v) is 1.82. The molecular formula is C11H15NO. The van der Waals surface area contributed by atoms with E-state index in [-0.39, 0.29) is 12.6 Å². The summed E-state index contributed by atoms with van der Waals surface area (Å²) in [5.41, 5.74) is 3.91. The van der Waals surface area contributed by atoms with E-state index in [4.69, 9.17) is 5.11 Å². The molecule has 0 saturated carbocycles. The maximum atomic E-state index is 9.00. The maximum Gasteiger partial charge on any atom is 0.0636 e. The molecule has 1 aromatic rings. The molecule has 1 atom stereocenters. The fourth-order valence-electron chi connectivity index (χ4n) is 1.82. The van der Waals surface area contributed by atoms with Gasteiger partial charge in [0.2, 0.25) is 0 Å². The number of aliphatic hydroxyl groups is 1. The molecule has 13 heavy (non-hydrogen) atoms. The smallest absolute Gasteiger partial charge is 0.0636 e. The number of aryl methyl sites for hydroxylation is 1. The van der Waals surface area contributed by atoms with Crippen LogP contribution < -0.4 is 5.32 Å². The minimum Gasteiger partial charge on any atom is -0.394 e. The second-order valence-electron chi connectivity index (χ2n) is 3.57. The van der Waals surface area contributed by atoms with E-state index in [0.29, 0.717) is 0 Å². The van der Waals surface area contributed by atoms with Crippen molar-refractivity contribution in [1.29, 1.82) is 0 Å². The predicted molar refractivity (Wildman–Crippen MR) is 54.0 cm³/mol. The molecule has 2 nitrogen and oxygen atoms in total. The molecule has 70 valence electrons. The lowest BCUT2D eigenvalue weighted by Crippen LogP contribution is -2.19. The van der Waals surface area contributed by atoms with Crippen LogP contribution in [0.1, 0.15) is 18.1 Å². The van der Waals surface area contributed by atoms with Crippen molar-refractivity contribution >= 4 is 5.69 Å². The summed E-state index contributed by atoms with van der Waals surface area (Å²) in [7, 11) is 0. The van der Waals surface area contributed by atoms with E-state index >= 15 is 0 Å². The second-order valence-corrected chi connectivity index (χ2v) is 3.57. The largest absolute Gasteiger partial charge is 0.394 e. The molecule has 0 spiro atoms. The number of fused-ring (bicyclic) bond motifs is 1. The third-order valence-corrected chi connectivity index (χ3v) is 2.62. The van der Waals surface area contributed by atoms with Crippen LogP contribution in [0.4, 0.5) is 5.69 Å². The quantitative estimate of drug-likeness (QED) is 0.718. The highest BCUT2D eigenvalue weighted by atomic mass is 16.3. The molecule has 0 amide bonds. The Morgan fingerprint density at radius 1 is 1.54 bits per heavy atom. The SMILES string of the molecule is CCc1ccc2c(c1)CC(CO)N2. The van der Waals surface area contributed by atoms with Crippen molar-refractivity contribution in [3.63, 3.8) is 0 Å². The first kappa shape index (κ1) is 8.57. The lowest BCUT2D eigenvalue weighted by molar-refractivity contribution is 0.277. The Hall–Kier alpha value is -1.02. The lowest BCUT2D eigenvalue weighted by Gasteiger charge is -2.05. The van der Waals surface area contributed by atoms with Crippen LogP contribution in [0.3, 0.4) is 0 Å². The molecular weight excluding hydrogens is 162 g/mol. The van der Waals surface area contributed by atoms with Crippen molar-refractivity contribution in [2.24, 2.45) is 0 Å². The molecule has 1 aromatic carbocycles. The molecule has 2 heteroatoms. The van der Waals surface area contributed by atoms with Gasteiger partial charge in [-0.2, -0.15) is 0 Å². The average Bonchev–Trinajstić information content (AvgIpc) is 2.58. The molecule has 1 unspecified atom stereocenters. The minimum atomic E-state index is 0.218. The zero-order valence-electron chi connectivity index (χ0n) is 7.88. The van der Waals surface area contributed by atoms with Gasteiger partial charge in [0.15, 0.2) is 0 Å². The highest BCUT2D eigenvalue weighted by Gasteiger charge is 2.19. The van der Waals surface area contributed by atoms with Crippen LogP contribution in [0.25, 0.3) is 0 Å². The summed E-state index contributed by atoms with van der Waals surface area (Å²) in [5, 5.41) is 12.3. The molecule has 0 aromatic heterocycles. The monoisotopic (exact) mass is 177 g/mol. The van der Waals surface area contributed by atoms with Crippen LogP contribution in [0.5, 0.6) is 0 Å². The second kappa shape index (κ2) is 3.38. The first-order chi connectivity index (χ1) is 6.33. The molecule has 0 bridgehead atoms. The van der Waals surface area contributed by atoms with Crippen molar-refractivity contribution in [3.05, 3.63) is 29.3 Å². The van der Waals surface area contributed by atoms with Crippen LogP contribution in [-0.4, -0.2) is 17.8 Å². The van der Waals surface area contributed by atoms with Gasteiger partial charge in [0.05, 0.1) is 12.6 Å². The summed E-state index contributed by atoms with van der Waals surface area (Å²) in [6, 6.07) is 6.72. The van der Waals surface area contributed by atoms with Crippen LogP contribution in [-0.2, 0) is 12.8 Å². The first-order valence-corrected chi connectivity index (χ1v) is 4.82. The molecule has 2 N–H and O–H groups in total. The number of hydrogen-bond acceptors (Lipinski definition) is 2. The van der Waals surface area contributed by atoms with E-state index in [2.05, 4.69) is 30.4 Å². The molecule has 1 aliphatic heterocycles. The third-order valence-electron chi connectivity index (χ3n) is 2.62. The van der Waals surface area contributed by atoms with Gasteiger partial charge in [0.25, 0.3) is 0 Å². The van der Waals surface area contributed by atoms with E-state index in [1.165, 1.54) is 16.8 Å². The van der Waals surface area contributed by atoms with E-state index in [0.717, 1.165) is 12.8 Å². The summed E-state index contributed by atoms with van der Waals surface area (Å²) in [5.74, 6) is 0. The molecule has 0 saturated heterocycles. The van der Waals surface area contributed by atoms with Crippen LogP contribution in [0.15, 0.2) is 18.2 Å². The van der Waals surface area contributed by atoms with Crippen LogP contribution >= 0.6 is 0 Å². The van der Waals surface area contributed by atoms with Crippen molar-refractivity contribution in [1.82, 2.24) is 0 Å². The predicted octanol–water partition coefficient (Wildman–Crippen LogP) is 1.58. The Labute approximate surface area is 78.6 Å². The minimum absolute atomic E-state index is 0.218. The molecule has 2 rings (SSSR count). The number of hydrogen-bond donors (Lipinski definition) is 2. The highest BCUT2D eigenvalue weighted by Crippen LogP contribution is 2.26. The number of aliphatic hydroxyl groups excluding tert-OH is 1. The van der Waals surface area contributed by atoms with Gasteiger partial charge < -0.3 is 10.4 Å². The normalized spacial score (nSPS) is 19.7. The first-order valence-electron chi connectivity index (χ1n) is 4.82. The fraction of sp³-hybridized carbons (Fsp3) is 0.455. The van der Waals surface area contributed by atoms with Gasteiger partial charge in [0.1, 0.15) is 0 Å². The van der Waals surface area contributed by atoms with Crippen molar-refractivity contribution < 1.29 is 5.11 Å². The van der Waals surface area contributed by atoms with E-state index < -0.39 is 0 Å². The number of nitrogens with one attached hydrogen (secondary N) is 1. The summed E-state index contributed by atoms with van der Waals surface area (Å²) in [6.07, 6.45) is 2.04. The summed E-state index contributed by atoms with van der Waals surface area (Å²) in [4.78, 5) is 0. The van der Waals surface area contributed by atoms with Gasteiger partial charge in [0, 0.05) is 5.69 Å². The number of rotatable bonds is 2. The van der Waals surface area contributed by atoms with Gasteiger partial charge in [-0.15, -0.1) is 0 Å². The van der Waals surface area contributed by atoms with Gasteiger partial charge in [-0.3, -0.25) is 0 Å². The van der Waals surface area contributed by atoms with Crippen molar-refractivity contribution in [2.75, 3.05) is 11.9 Å². The Balaban J connectivity index is 2.25. The zero-order valence-corrected chi connectivity index (χ0v) is 7.88. The average molecular weight is 177 g/mol. The van der Waals surface area contributed by atoms with Crippen LogP contribution in [0.2, 0.25) is 0 Å². The Kier molecular flexibility index (Phi) is 2.23. The number of anilines is 1. The summed E-state index contributed by atoms with van der Waals surface area (Å²) in [6.45, 7) is 2.38. The molecule has 1 heterocycles. The third kappa shape index (κ3) is 1.54. The van der Waals surface area contributed by atoms with Crippen molar-refractivity contribution in [2.45, 2.75) is 25.8 Å². The van der Waals surface area contributed by atoms with E-state index in [1.54, 1.807) is 0 Å². The Bertz CT molecular complexity index is 309. The lowest BCUT2D eigenvalue weighted by atomic mass is 10.1. The molecule has 0 radical (unpaired) electrons. The zero-order chi connectivity index (χ0) is 9.26. The molecule has 1 aliphatic rings. The van der Waals surface area contributed by atoms with Crippen molar-refractivity contribution in [3.8, 4) is 0 Å². The van der Waals surface area contributed by atoms with Gasteiger partial charge in [-0.05, 0) is 30.0 Å². The van der Waals surface area contributed by atoms with Gasteiger partial charge in [-0.25, -0.2) is 0 Å². The standard InChI is InChI=1S/C11H15NO/c1-2-8-3-4-11-9(5-8)6-10(7-13)12-11/h3-5,10,12-13H,2,6-7H2,1H3. The van der Waals surface area contributed by atoms with E-state index in [9.17, 15) is 0 Å². The Morgan fingerprint density at radius 3 is 3.08 bits per heavy atom. The molecule has 0 aliphatic carbocycles. The van der Waals surface area contributed by atoms with Crippen LogP contribution in [0, 0.1) is 0 Å². The van der Waals surface area contributed by atoms with Gasteiger partial charge in [-0.1, -0.05) is 19.1 Å². The summed E-state index contributed by atoms with van der Waals surface area (Å²) >= 11 is 0. The van der Waals surface area contributed by atoms with Gasteiger partial charge >= 0.3 is 0 Å². The Morgan fingerprint density at radius 2 is 2.38 bits per heavy atom. The highest BCUT2D eigenvalue weighted by molar-refractivity contribution is 5.58. The maximum absolute atomic E-state index is 9.00. The molecule has 0 fully saturated rings. The number of benzene rings is 1. The van der Waals surface area contributed by atoms with E-state index in [1.807, 2.05) is 0 Å².